The minimum Gasteiger partial charge on any atom is -0.496 e. The molecule has 1 aliphatic carbocycles. The predicted octanol–water partition coefficient (Wildman–Crippen LogP) is 4.86. The van der Waals surface area contributed by atoms with Gasteiger partial charge >= 0.3 is 5.97 Å². The molecule has 0 saturated carbocycles. The number of benzene rings is 1. The fraction of sp³-hybridized carbons (Fsp3) is 0.409. The number of methoxy groups -OCH3 is 1. The number of hydrogen-bond donors (Lipinski definition) is 0. The van der Waals surface area contributed by atoms with Gasteiger partial charge in [0.25, 0.3) is 13.1 Å². The summed E-state index contributed by atoms with van der Waals surface area (Å²) in [6, 6.07) is 12.0. The maximum absolute atomic E-state index is 11.9. The Balaban J connectivity index is 1.81. The Morgan fingerprint density at radius 2 is 1.97 bits per heavy atom. The smallest absolute Gasteiger partial charge is 0.366 e. The average molecular weight is 662 g/mol. The van der Waals surface area contributed by atoms with Gasteiger partial charge in [-0.3, -0.25) is 9.69 Å². The average Bonchev–Trinajstić information content (AvgIpc) is 2.84. The lowest BCUT2D eigenvalue weighted by molar-refractivity contribution is 0.0793. The van der Waals surface area contributed by atoms with Crippen LogP contribution in [0.2, 0.25) is 6.32 Å². The highest BCUT2D eigenvalue weighted by Crippen LogP contribution is 2.34. The van der Waals surface area contributed by atoms with Crippen molar-refractivity contribution in [1.82, 2.24) is 9.88 Å². The Hall–Kier alpha value is -1.41. The first-order valence-corrected chi connectivity index (χ1v) is 12.3. The van der Waals surface area contributed by atoms with Crippen LogP contribution in [-0.4, -0.2) is 49.2 Å². The van der Waals surface area contributed by atoms with Gasteiger partial charge in [-0.25, -0.2) is 9.78 Å². The van der Waals surface area contributed by atoms with Crippen molar-refractivity contribution in [3.63, 3.8) is 0 Å². The highest BCUT2D eigenvalue weighted by Gasteiger charge is 2.28. The van der Waals surface area contributed by atoms with E-state index in [4.69, 9.17) is 10.9 Å². The van der Waals surface area contributed by atoms with Crippen LogP contribution in [0.4, 0.5) is 4.79 Å². The number of ether oxygens (including phenoxy) is 1. The van der Waals surface area contributed by atoms with E-state index in [1.807, 2.05) is 24.3 Å². The van der Waals surface area contributed by atoms with Crippen LogP contribution in [0.15, 0.2) is 36.4 Å². The number of aryl methyl sites for hydroxylation is 1. The molecular formula is C22H25BI2N2O5. The van der Waals surface area contributed by atoms with Crippen LogP contribution in [0, 0.1) is 0 Å². The van der Waals surface area contributed by atoms with E-state index in [9.17, 15) is 9.59 Å². The van der Waals surface area contributed by atoms with Crippen molar-refractivity contribution < 1.29 is 20.5 Å². The molecule has 3 rings (SSSR count). The monoisotopic (exact) mass is 662 g/mol. The number of halogens is 2. The molecule has 1 aromatic heterocycles. The zero-order valence-corrected chi connectivity index (χ0v) is 22.2. The van der Waals surface area contributed by atoms with E-state index in [0.29, 0.717) is 19.3 Å². The van der Waals surface area contributed by atoms with Gasteiger partial charge in [0.1, 0.15) is 11.4 Å². The fourth-order valence-electron chi connectivity index (χ4n) is 4.23. The van der Waals surface area contributed by atoms with Gasteiger partial charge in [0, 0.05) is 18.3 Å². The first-order chi connectivity index (χ1) is 15.6. The van der Waals surface area contributed by atoms with E-state index >= 15 is 0 Å². The molecule has 0 spiro atoms. The second-order valence-electron chi connectivity index (χ2n) is 7.66. The number of fused-ring (bicyclic) bond motifs is 1. The van der Waals surface area contributed by atoms with E-state index < -0.39 is 5.97 Å². The largest absolute Gasteiger partial charge is 0.496 e. The quantitative estimate of drug-likeness (QED) is 0.266. The molecule has 10 heteroatoms. The van der Waals surface area contributed by atoms with Crippen molar-refractivity contribution in [3.05, 3.63) is 58.9 Å². The minimum absolute atomic E-state index is 0.182. The van der Waals surface area contributed by atoms with E-state index in [1.165, 1.54) is 0 Å². The zero-order chi connectivity index (χ0) is 22.9. The van der Waals surface area contributed by atoms with Gasteiger partial charge in [-0.1, -0.05) is 30.6 Å². The number of carbonyl (C=O) groups is 2. The molecule has 1 aromatic carbocycles. The van der Waals surface area contributed by atoms with Crippen LogP contribution in [0.25, 0.3) is 0 Å². The zero-order valence-electron chi connectivity index (χ0n) is 17.9. The molecule has 0 bridgehead atoms. The summed E-state index contributed by atoms with van der Waals surface area (Å²) in [5, 5.41) is 0. The number of nitrogens with zero attached hydrogens (tertiary/aromatic N) is 2. The Bertz CT molecular complexity index is 946. The minimum atomic E-state index is -0.430. The summed E-state index contributed by atoms with van der Waals surface area (Å²) in [5.41, 5.74) is 3.59. The summed E-state index contributed by atoms with van der Waals surface area (Å²) in [5.74, 6) is 0.248. The number of para-hydroxylation sites is 1. The Morgan fingerprint density at radius 3 is 2.72 bits per heavy atom. The summed E-state index contributed by atoms with van der Waals surface area (Å²) < 4.78 is 15.1. The lowest BCUT2D eigenvalue weighted by Crippen LogP contribution is -2.35. The van der Waals surface area contributed by atoms with Gasteiger partial charge in [-0.05, 0) is 55.5 Å². The molecule has 7 nitrogen and oxygen atoms in total. The van der Waals surface area contributed by atoms with Gasteiger partial charge in [0.2, 0.25) is 0 Å². The lowest BCUT2D eigenvalue weighted by Gasteiger charge is -2.36. The third kappa shape index (κ3) is 6.56. The Kier molecular flexibility index (Phi) is 10.0. The topological polar surface area (TPSA) is 78.0 Å². The van der Waals surface area contributed by atoms with Gasteiger partial charge in [0.05, 0.1) is 7.11 Å². The molecule has 1 aliphatic rings. The van der Waals surface area contributed by atoms with Gasteiger partial charge in [0.15, 0.2) is 46.0 Å². The molecule has 0 N–H and O–H groups in total. The maximum atomic E-state index is 11.9. The normalized spacial score (nSPS) is 15.1. The van der Waals surface area contributed by atoms with E-state index in [1.54, 1.807) is 59.2 Å². The molecule has 0 radical (unpaired) electrons. The van der Waals surface area contributed by atoms with Crippen LogP contribution in [0.5, 0.6) is 5.75 Å². The molecule has 0 aliphatic heterocycles. The van der Waals surface area contributed by atoms with E-state index in [2.05, 4.69) is 16.0 Å². The lowest BCUT2D eigenvalue weighted by atomic mass is 9.74. The number of carbonyl (C=O) groups excluding carboxylic acids is 2. The summed E-state index contributed by atoms with van der Waals surface area (Å²) in [4.78, 5) is 30.6. The molecule has 1 heterocycles. The molecule has 0 fully saturated rings. The summed E-state index contributed by atoms with van der Waals surface area (Å²) >= 11 is 3.22. The Labute approximate surface area is 217 Å². The molecule has 0 saturated heterocycles. The molecule has 1 unspecified atom stereocenters. The van der Waals surface area contributed by atoms with Crippen LogP contribution >= 0.6 is 46.0 Å². The second-order valence-corrected chi connectivity index (χ2v) is 8.54. The number of hydrogen-bond acceptors (Lipinski definition) is 7. The van der Waals surface area contributed by atoms with Crippen LogP contribution < -0.4 is 4.74 Å². The molecule has 0 amide bonds. The van der Waals surface area contributed by atoms with Gasteiger partial charge in [-0.2, -0.15) is 0 Å². The summed E-state index contributed by atoms with van der Waals surface area (Å²) in [7, 11) is 2.07. The predicted molar refractivity (Wildman–Crippen MR) is 140 cm³/mol. The van der Waals surface area contributed by atoms with E-state index in [-0.39, 0.29) is 11.9 Å². The van der Waals surface area contributed by atoms with Crippen molar-refractivity contribution >= 4 is 65.1 Å². The van der Waals surface area contributed by atoms with Crippen molar-refractivity contribution in [3.8, 4) is 5.75 Å². The summed E-state index contributed by atoms with van der Waals surface area (Å²) in [6.07, 6.45) is 4.39. The molecule has 1 atom stereocenters. The number of aromatic nitrogens is 1. The van der Waals surface area contributed by atoms with Crippen molar-refractivity contribution in [2.45, 2.75) is 38.0 Å². The first kappa shape index (κ1) is 25.2. The third-order valence-electron chi connectivity index (χ3n) is 5.75. The molecular weight excluding hydrogens is 637 g/mol. The molecule has 2 aromatic rings. The van der Waals surface area contributed by atoms with Crippen LogP contribution in [0.1, 0.15) is 46.2 Å². The highest BCUT2D eigenvalue weighted by atomic mass is 127. The van der Waals surface area contributed by atoms with Crippen LogP contribution in [-0.2, 0) is 19.0 Å². The SMILES string of the molecule is COc1ccccc1CCN(CCBC(=O)OI)C1CCCc2nc(C(=O)OI)ccc21. The standard InChI is InChI=1S/C22H25BI2N2O5/c1-30-20-8-3-2-5-15(20)11-13-27(14-12-23-22(29)32-25)19-7-4-6-17-16(19)9-10-18(26-17)21(28)31-24/h2-3,5,8-10,19,23H,4,6-7,11-14H2,1H3. The molecule has 170 valence electrons. The van der Waals surface area contributed by atoms with Crippen molar-refractivity contribution in [2.24, 2.45) is 0 Å². The number of pyridine rings is 1. The molecule has 32 heavy (non-hydrogen) atoms. The van der Waals surface area contributed by atoms with E-state index in [0.717, 1.165) is 61.3 Å². The summed E-state index contributed by atoms with van der Waals surface area (Å²) in [6.45, 7) is 1.59. The van der Waals surface area contributed by atoms with Gasteiger partial charge in [-0.15, -0.1) is 0 Å². The third-order valence-corrected chi connectivity index (χ3v) is 6.64. The maximum Gasteiger partial charge on any atom is 0.366 e. The highest BCUT2D eigenvalue weighted by molar-refractivity contribution is 14.1. The fourth-order valence-corrected chi connectivity index (χ4v) is 4.67. The van der Waals surface area contributed by atoms with Gasteiger partial charge < -0.3 is 10.9 Å². The number of rotatable bonds is 10. The van der Waals surface area contributed by atoms with Crippen molar-refractivity contribution in [2.75, 3.05) is 20.2 Å². The first-order valence-electron chi connectivity index (χ1n) is 10.6. The Morgan fingerprint density at radius 1 is 1.16 bits per heavy atom. The second kappa shape index (κ2) is 12.7. The van der Waals surface area contributed by atoms with Crippen LogP contribution in [0.3, 0.4) is 0 Å². The van der Waals surface area contributed by atoms with Crippen molar-refractivity contribution in [1.29, 1.82) is 0 Å².